The summed E-state index contributed by atoms with van der Waals surface area (Å²) in [6.07, 6.45) is -0.276. The van der Waals surface area contributed by atoms with E-state index >= 15 is 0 Å². The molecular formula is C72H85BF3N18O9P. The number of methoxy groups -OCH3 is 2. The maximum atomic E-state index is 14.2. The summed E-state index contributed by atoms with van der Waals surface area (Å²) in [6.45, 7) is 12.2. The molecule has 0 saturated carbocycles. The number of anilines is 4. The molecule has 4 amide bonds. The number of aliphatic hydroxyl groups excluding tert-OH is 2. The molecule has 27 nitrogen and oxygen atoms in total. The predicted molar refractivity (Wildman–Crippen MR) is 390 cm³/mol. The van der Waals surface area contributed by atoms with Gasteiger partial charge in [-0.1, -0.05) is 76.1 Å². The fraction of sp³-hybridized carbons (Fsp3) is 0.347. The van der Waals surface area contributed by atoms with Gasteiger partial charge in [0, 0.05) is 104 Å². The molecule has 6 aromatic rings. The Morgan fingerprint density at radius 2 is 1.05 bits per heavy atom. The third kappa shape index (κ3) is 24.6. The Labute approximate surface area is 605 Å². The normalized spacial score (nSPS) is 15.6. The van der Waals surface area contributed by atoms with Crippen LogP contribution in [0, 0.1) is 74.1 Å². The number of benzene rings is 6. The fourth-order valence-corrected chi connectivity index (χ4v) is 10.8. The number of nitrogens with two attached hydrogens (primary N) is 1. The van der Waals surface area contributed by atoms with Gasteiger partial charge in [-0.25, -0.2) is 32.5 Å². The number of carbonyl (C=O) groups excluding carboxylic acids is 4. The molecule has 1 unspecified atom stereocenters. The maximum Gasteiger partial charge on any atom is 0.373 e. The Morgan fingerprint density at radius 3 is 1.41 bits per heavy atom. The van der Waals surface area contributed by atoms with Crippen LogP contribution >= 0.6 is 9.39 Å². The number of nitriles is 5. The number of ketones is 1. The first kappa shape index (κ1) is 82.4. The van der Waals surface area contributed by atoms with E-state index in [-0.39, 0.29) is 59.6 Å². The average Bonchev–Trinajstić information content (AvgIpc) is 0.762. The monoisotopic (exact) mass is 1440 g/mol. The summed E-state index contributed by atoms with van der Waals surface area (Å²) in [5.41, 5.74) is 11.4. The highest BCUT2D eigenvalue weighted by Gasteiger charge is 2.43. The van der Waals surface area contributed by atoms with E-state index in [1.54, 1.807) is 43.2 Å². The van der Waals surface area contributed by atoms with Crippen LogP contribution < -0.4 is 62.2 Å². The zero-order chi connectivity index (χ0) is 75.5. The van der Waals surface area contributed by atoms with Crippen LogP contribution in [0.1, 0.15) is 39.4 Å². The Bertz CT molecular complexity index is 4070. The number of halogens is 3. The lowest BCUT2D eigenvalue weighted by molar-refractivity contribution is -0.137. The summed E-state index contributed by atoms with van der Waals surface area (Å²) >= 11 is 0. The molecule has 0 bridgehead atoms. The van der Waals surface area contributed by atoms with Gasteiger partial charge < -0.3 is 81.9 Å². The SMILES string of the molecule is CB(O)NCCN.COCC1=C(C(=O)OC)[C@H](c2ccc(F)c(F)c2)N(C(=O)NCCNC2CN(c3ccccc3C#N)C2)C(=O)N1.N#Cc1ccccc1F.N#Cc1ccccc1N1CC(=O)C1.N#Cc1ccccc1N1CC(NCCNP)C1.N#Cc1ccccc1N1CC(O)C1.OC1CNC1. The summed E-state index contributed by atoms with van der Waals surface area (Å²) in [4.78, 5) is 58.7. The van der Waals surface area contributed by atoms with Crippen LogP contribution in [0.5, 0.6) is 0 Å². The number of para-hydroxylation sites is 4. The smallest absolute Gasteiger partial charge is 0.373 e. The molecule has 0 aromatic heterocycles. The Morgan fingerprint density at radius 1 is 0.606 bits per heavy atom. The van der Waals surface area contributed by atoms with Gasteiger partial charge in [0.25, 0.3) is 0 Å². The van der Waals surface area contributed by atoms with E-state index in [1.165, 1.54) is 25.3 Å². The lowest BCUT2D eigenvalue weighted by atomic mass is 9.89. The molecule has 104 heavy (non-hydrogen) atoms. The van der Waals surface area contributed by atoms with Crippen molar-refractivity contribution in [1.29, 1.82) is 26.3 Å². The number of aliphatic hydroxyl groups is 2. The Balaban J connectivity index is 0.000000217. The van der Waals surface area contributed by atoms with Gasteiger partial charge in [-0.3, -0.25) is 9.88 Å². The molecule has 6 aliphatic rings. The van der Waals surface area contributed by atoms with Gasteiger partial charge in [-0.2, -0.15) is 26.3 Å². The van der Waals surface area contributed by atoms with E-state index in [0.717, 1.165) is 91.7 Å². The minimum atomic E-state index is -1.41. The van der Waals surface area contributed by atoms with E-state index in [1.807, 2.05) is 88.7 Å². The zero-order valence-electron chi connectivity index (χ0n) is 57.8. The van der Waals surface area contributed by atoms with Crippen LogP contribution in [0.4, 0.5) is 45.5 Å². The summed E-state index contributed by atoms with van der Waals surface area (Å²) in [7, 11) is 4.53. The molecule has 0 aliphatic carbocycles. The second-order valence-corrected chi connectivity index (χ2v) is 24.2. The lowest BCUT2D eigenvalue weighted by Gasteiger charge is -2.42. The van der Waals surface area contributed by atoms with Crippen LogP contribution in [0.25, 0.3) is 0 Å². The van der Waals surface area contributed by atoms with Crippen LogP contribution in [-0.2, 0) is 19.1 Å². The third-order valence-corrected chi connectivity index (χ3v) is 16.5. The summed E-state index contributed by atoms with van der Waals surface area (Å²) < 4.78 is 50.2. The number of β-amino-alcohol motifs (C(OH)–C–C–N with tert-alkyl or cyclic N) is 2. The van der Waals surface area contributed by atoms with Gasteiger partial charge in [-0.15, -0.1) is 0 Å². The van der Waals surface area contributed by atoms with E-state index in [0.29, 0.717) is 81.6 Å². The van der Waals surface area contributed by atoms with Gasteiger partial charge in [0.1, 0.15) is 42.2 Å². The van der Waals surface area contributed by atoms with Crippen LogP contribution in [0.15, 0.2) is 151 Å². The van der Waals surface area contributed by atoms with Crippen molar-refractivity contribution < 1.29 is 57.1 Å². The van der Waals surface area contributed by atoms with Gasteiger partial charge in [0.2, 0.25) is 0 Å². The number of esters is 1. The number of hydrogen-bond donors (Lipinski definition) is 11. The highest BCUT2D eigenvalue weighted by atomic mass is 31.0. The fourth-order valence-electron chi connectivity index (χ4n) is 10.7. The van der Waals surface area contributed by atoms with Gasteiger partial charge >= 0.3 is 25.1 Å². The molecule has 5 saturated heterocycles. The average molecular weight is 1450 g/mol. The van der Waals surface area contributed by atoms with Crippen LogP contribution in [0.2, 0.25) is 6.82 Å². The van der Waals surface area contributed by atoms with Gasteiger partial charge in [-0.05, 0) is 91.7 Å². The largest absolute Gasteiger partial charge is 0.466 e. The lowest BCUT2D eigenvalue weighted by Crippen LogP contribution is -2.59. The van der Waals surface area contributed by atoms with Crippen molar-refractivity contribution in [3.8, 4) is 30.3 Å². The number of nitrogens with zero attached hydrogens (tertiary/aromatic N) is 10. The first-order valence-corrected chi connectivity index (χ1v) is 33.7. The van der Waals surface area contributed by atoms with Crippen molar-refractivity contribution in [2.45, 2.75) is 37.2 Å². The number of rotatable bonds is 19. The second kappa shape index (κ2) is 43.4. The molecule has 5 fully saturated rings. The number of urea groups is 2. The van der Waals surface area contributed by atoms with Gasteiger partial charge in [0.15, 0.2) is 17.4 Å². The first-order valence-electron chi connectivity index (χ1n) is 33.1. The number of hydrogen-bond acceptors (Lipinski definition) is 24. The van der Waals surface area contributed by atoms with E-state index in [9.17, 15) is 37.6 Å². The molecule has 0 spiro atoms. The maximum absolute atomic E-state index is 14.2. The standard InChI is InChI=1S/C27H28F2N6O5.C12H17N4P.C10H10N2O.C10H8N2O.C7H4FN.C3H11BN2O.C3H7NO/c1-39-15-21-23(25(36)40-2)24(16-7-8-19(28)20(29)11-16)35(27(38)33-21)26(37)32-10-9-31-18-13-34(14-18)22-6-4-3-5-17(22)12-30;13-7-10-3-1-2-4-12(10)16-8-11(9-16)14-5-6-15-17;2*11-5-8-3-1-2-4-10(8)12-6-9(13)7-12;8-7-4-2-1-3-6(7)5-9;1-4(7)6-3-2-5;5-3-1-4-2-3/h3-8,11,18,24,31H,9-10,13-15H2,1-2H3,(H,32,37)(H,33,38);1-4,11,14-15H,5-6,8-9,17H2;1-4,9,13H,6-7H2;1-4H,6-7H2;1-4H;6-7H,2-3,5H2,1H3;3-5H,1-2H2/t24-;;;;;;/m0....../s1. The summed E-state index contributed by atoms with van der Waals surface area (Å²) in [6, 6.07) is 46.5. The molecule has 6 aliphatic heterocycles. The Kier molecular flexibility index (Phi) is 34.4. The van der Waals surface area contributed by atoms with Crippen molar-refractivity contribution in [3.05, 3.63) is 202 Å². The molecule has 12 N–H and O–H groups in total. The minimum Gasteiger partial charge on any atom is -0.466 e. The summed E-state index contributed by atoms with van der Waals surface area (Å²) in [5, 5.41) is 90.7. The molecule has 12 rings (SSSR count). The number of carbonyl (C=O) groups is 4. The number of amides is 4. The molecular weight excluding hydrogens is 1360 g/mol. The van der Waals surface area contributed by atoms with E-state index in [4.69, 9.17) is 51.5 Å². The molecule has 32 heteroatoms. The number of ether oxygens (including phenoxy) is 2. The van der Waals surface area contributed by atoms with E-state index in [2.05, 4.69) is 80.4 Å². The highest BCUT2D eigenvalue weighted by molar-refractivity contribution is 7.13. The molecule has 0 radical (unpaired) electrons. The quantitative estimate of drug-likeness (QED) is 0.0237. The van der Waals surface area contributed by atoms with Crippen LogP contribution in [-0.4, -0.2) is 201 Å². The molecule has 6 heterocycles. The number of Topliss-reactive ketones (excluding diaryl/α,β-unsaturated/α-hetero) is 1. The first-order chi connectivity index (χ1) is 50.3. The minimum absolute atomic E-state index is 0.0109. The third-order valence-electron chi connectivity index (χ3n) is 16.2. The highest BCUT2D eigenvalue weighted by Crippen LogP contribution is 2.36. The number of nitrogens with one attached hydrogen (secondary N) is 7. The molecule has 6 aromatic carbocycles. The van der Waals surface area contributed by atoms with Gasteiger partial charge in [0.05, 0.1) is 101 Å². The molecule has 546 valence electrons. The zero-order valence-corrected chi connectivity index (χ0v) is 59.0. The second-order valence-electron chi connectivity index (χ2n) is 23.8. The van der Waals surface area contributed by atoms with E-state index < -0.39 is 48.6 Å². The van der Waals surface area contributed by atoms with Crippen LogP contribution in [0.3, 0.4) is 0 Å². The summed E-state index contributed by atoms with van der Waals surface area (Å²) in [5.74, 6) is -3.45. The van der Waals surface area contributed by atoms with Crippen molar-refractivity contribution in [1.82, 2.24) is 41.8 Å². The number of imide groups is 1. The predicted octanol–water partition coefficient (Wildman–Crippen LogP) is 3.86. The van der Waals surface area contributed by atoms with Crippen molar-refractivity contribution in [2.24, 2.45) is 5.73 Å². The molecule has 2 atom stereocenters. The topological polar surface area (TPSA) is 393 Å². The van der Waals surface area contributed by atoms with Crippen molar-refractivity contribution in [2.75, 3.05) is 145 Å². The Hall–Kier alpha value is -10.5. The van der Waals surface area contributed by atoms with Crippen molar-refractivity contribution >= 4 is 63.0 Å². The van der Waals surface area contributed by atoms with Crippen molar-refractivity contribution in [3.63, 3.8) is 0 Å².